The van der Waals surface area contributed by atoms with E-state index in [0.717, 1.165) is 40.6 Å². The lowest BCUT2D eigenvalue weighted by Gasteiger charge is -2.33. The van der Waals surface area contributed by atoms with Crippen LogP contribution in [0.2, 0.25) is 0 Å². The smallest absolute Gasteiger partial charge is 0.240 e. The summed E-state index contributed by atoms with van der Waals surface area (Å²) in [6, 6.07) is 15.9. The van der Waals surface area contributed by atoms with Gasteiger partial charge in [0.2, 0.25) is 11.1 Å². The number of thioether (sulfide) groups is 1. The van der Waals surface area contributed by atoms with E-state index in [-0.39, 0.29) is 17.2 Å². The number of anilines is 1. The summed E-state index contributed by atoms with van der Waals surface area (Å²) in [5, 5.41) is 12.1. The number of aryl methyl sites for hydroxylation is 3. The van der Waals surface area contributed by atoms with Crippen LogP contribution in [0.25, 0.3) is 0 Å². The molecule has 0 bridgehead atoms. The van der Waals surface area contributed by atoms with Gasteiger partial charge in [-0.05, 0) is 37.5 Å². The first-order valence-electron chi connectivity index (χ1n) is 9.87. The lowest BCUT2D eigenvalue weighted by molar-refractivity contribution is -0.116. The number of aromatic nitrogens is 3. The number of amides is 1. The van der Waals surface area contributed by atoms with Crippen LogP contribution in [0.1, 0.15) is 41.9 Å². The number of rotatable bonds is 5. The first-order chi connectivity index (χ1) is 14.1. The molecule has 1 aromatic heterocycles. The number of para-hydroxylation sites is 1. The minimum Gasteiger partial charge on any atom is -0.325 e. The van der Waals surface area contributed by atoms with E-state index in [9.17, 15) is 4.79 Å². The molecule has 6 nitrogen and oxygen atoms in total. The second kappa shape index (κ2) is 8.29. The zero-order valence-corrected chi connectivity index (χ0v) is 17.7. The molecule has 7 heteroatoms. The van der Waals surface area contributed by atoms with E-state index in [1.54, 1.807) is 0 Å². The molecule has 2 N–H and O–H groups in total. The van der Waals surface area contributed by atoms with Crippen LogP contribution in [0.4, 0.5) is 5.69 Å². The summed E-state index contributed by atoms with van der Waals surface area (Å²) in [6.45, 7) is 6.17. The Labute approximate surface area is 175 Å². The fourth-order valence-corrected chi connectivity index (χ4v) is 4.52. The van der Waals surface area contributed by atoms with Gasteiger partial charge in [-0.3, -0.25) is 4.79 Å². The zero-order valence-electron chi connectivity index (χ0n) is 16.8. The summed E-state index contributed by atoms with van der Waals surface area (Å²) in [7, 11) is 0. The molecule has 4 rings (SSSR count). The SMILES string of the molecule is CCCc1nnc2n1N[C@@H](c1ccc(C)cc1)[C@@H](C(=O)Nc1ccccc1C)S2. The third kappa shape index (κ3) is 4.00. The molecule has 2 atom stereocenters. The third-order valence-electron chi connectivity index (χ3n) is 5.08. The molecule has 0 fully saturated rings. The average Bonchev–Trinajstić information content (AvgIpc) is 3.11. The van der Waals surface area contributed by atoms with Crippen molar-refractivity contribution in [2.45, 2.75) is 50.1 Å². The van der Waals surface area contributed by atoms with Crippen LogP contribution in [-0.2, 0) is 11.2 Å². The number of benzene rings is 2. The van der Waals surface area contributed by atoms with Gasteiger partial charge in [-0.1, -0.05) is 66.7 Å². The largest absolute Gasteiger partial charge is 0.325 e. The van der Waals surface area contributed by atoms with E-state index in [0.29, 0.717) is 0 Å². The highest BCUT2D eigenvalue weighted by atomic mass is 32.2. The van der Waals surface area contributed by atoms with E-state index in [1.807, 2.05) is 35.9 Å². The number of hydrogen-bond acceptors (Lipinski definition) is 5. The summed E-state index contributed by atoms with van der Waals surface area (Å²) < 4.78 is 1.94. The van der Waals surface area contributed by atoms with Crippen molar-refractivity contribution in [3.8, 4) is 0 Å². The van der Waals surface area contributed by atoms with Crippen LogP contribution < -0.4 is 10.7 Å². The monoisotopic (exact) mass is 407 g/mol. The highest BCUT2D eigenvalue weighted by molar-refractivity contribution is 8.00. The fourth-order valence-electron chi connectivity index (χ4n) is 3.43. The van der Waals surface area contributed by atoms with E-state index >= 15 is 0 Å². The highest BCUT2D eigenvalue weighted by Gasteiger charge is 2.37. The van der Waals surface area contributed by atoms with Gasteiger partial charge in [-0.15, -0.1) is 10.2 Å². The van der Waals surface area contributed by atoms with Crippen molar-refractivity contribution >= 4 is 23.4 Å². The average molecular weight is 408 g/mol. The molecule has 0 unspecified atom stereocenters. The maximum Gasteiger partial charge on any atom is 0.240 e. The minimum absolute atomic E-state index is 0.0475. The lowest BCUT2D eigenvalue weighted by Crippen LogP contribution is -2.41. The summed E-state index contributed by atoms with van der Waals surface area (Å²) in [4.78, 5) is 13.3. The molecule has 2 aromatic carbocycles. The minimum atomic E-state index is -0.372. The Morgan fingerprint density at radius 3 is 2.62 bits per heavy atom. The predicted molar refractivity (Wildman–Crippen MR) is 117 cm³/mol. The molecule has 0 aliphatic carbocycles. The Morgan fingerprint density at radius 1 is 1.14 bits per heavy atom. The molecule has 0 spiro atoms. The van der Waals surface area contributed by atoms with Gasteiger partial charge >= 0.3 is 0 Å². The number of hydrogen-bond donors (Lipinski definition) is 2. The number of carbonyl (C=O) groups excluding carboxylic acids is 1. The number of carbonyl (C=O) groups is 1. The van der Waals surface area contributed by atoms with Gasteiger partial charge < -0.3 is 10.7 Å². The number of nitrogens with zero attached hydrogens (tertiary/aromatic N) is 3. The third-order valence-corrected chi connectivity index (χ3v) is 6.29. The van der Waals surface area contributed by atoms with Crippen LogP contribution in [0.15, 0.2) is 53.7 Å². The Morgan fingerprint density at radius 2 is 1.90 bits per heavy atom. The topological polar surface area (TPSA) is 71.8 Å². The summed E-state index contributed by atoms with van der Waals surface area (Å²) in [5.41, 5.74) is 7.63. The van der Waals surface area contributed by atoms with Crippen molar-refractivity contribution in [2.75, 3.05) is 10.7 Å². The van der Waals surface area contributed by atoms with E-state index in [1.165, 1.54) is 17.3 Å². The van der Waals surface area contributed by atoms with Gasteiger partial charge in [0.15, 0.2) is 5.82 Å². The molecule has 3 aromatic rings. The van der Waals surface area contributed by atoms with Crippen molar-refractivity contribution in [3.05, 3.63) is 71.0 Å². The van der Waals surface area contributed by atoms with E-state index in [2.05, 4.69) is 59.1 Å². The molecule has 1 amide bonds. The Bertz CT molecular complexity index is 1010. The molecule has 2 heterocycles. The maximum absolute atomic E-state index is 13.3. The summed E-state index contributed by atoms with van der Waals surface area (Å²) in [5.74, 6) is 0.846. The first kappa shape index (κ1) is 19.5. The lowest BCUT2D eigenvalue weighted by atomic mass is 10.0. The van der Waals surface area contributed by atoms with Crippen LogP contribution in [0.3, 0.4) is 0 Å². The summed E-state index contributed by atoms with van der Waals surface area (Å²) >= 11 is 1.46. The van der Waals surface area contributed by atoms with Gasteiger partial charge in [0.1, 0.15) is 5.25 Å². The summed E-state index contributed by atoms with van der Waals surface area (Å²) in [6.07, 6.45) is 1.82. The van der Waals surface area contributed by atoms with Crippen molar-refractivity contribution < 1.29 is 4.79 Å². The van der Waals surface area contributed by atoms with Crippen LogP contribution >= 0.6 is 11.8 Å². The van der Waals surface area contributed by atoms with Crippen molar-refractivity contribution in [2.24, 2.45) is 0 Å². The van der Waals surface area contributed by atoms with Gasteiger partial charge in [-0.2, -0.15) is 0 Å². The maximum atomic E-state index is 13.3. The van der Waals surface area contributed by atoms with E-state index in [4.69, 9.17) is 0 Å². The first-order valence-corrected chi connectivity index (χ1v) is 10.8. The molecule has 0 radical (unpaired) electrons. The van der Waals surface area contributed by atoms with Gasteiger partial charge in [-0.25, -0.2) is 4.68 Å². The molecule has 1 aliphatic rings. The Hall–Kier alpha value is -2.80. The molecule has 1 aliphatic heterocycles. The molecule has 29 heavy (non-hydrogen) atoms. The van der Waals surface area contributed by atoms with Crippen LogP contribution in [-0.4, -0.2) is 26.0 Å². The van der Waals surface area contributed by atoms with Gasteiger partial charge in [0.25, 0.3) is 0 Å². The second-order valence-electron chi connectivity index (χ2n) is 7.34. The standard InChI is InChI=1S/C22H25N5OS/c1-4-7-18-24-25-22-27(18)26-19(16-12-10-14(2)11-13-16)20(29-22)21(28)23-17-9-6-5-8-15(17)3/h5-6,8-13,19-20,26H,4,7H2,1-3H3,(H,23,28)/t19-,20-/m0/s1. The molecule has 0 saturated heterocycles. The zero-order chi connectivity index (χ0) is 20.4. The molecular formula is C22H25N5OS. The van der Waals surface area contributed by atoms with Gasteiger partial charge in [0, 0.05) is 12.1 Å². The highest BCUT2D eigenvalue weighted by Crippen LogP contribution is 2.38. The van der Waals surface area contributed by atoms with Crippen molar-refractivity contribution in [3.63, 3.8) is 0 Å². The quantitative estimate of drug-likeness (QED) is 0.662. The molecule has 0 saturated carbocycles. The number of fused-ring (bicyclic) bond motifs is 1. The normalized spacial score (nSPS) is 18.0. The van der Waals surface area contributed by atoms with Crippen LogP contribution in [0, 0.1) is 13.8 Å². The molecule has 150 valence electrons. The predicted octanol–water partition coefficient (Wildman–Crippen LogP) is 4.25. The van der Waals surface area contributed by atoms with Crippen molar-refractivity contribution in [1.29, 1.82) is 0 Å². The molecular weight excluding hydrogens is 382 g/mol. The fraction of sp³-hybridized carbons (Fsp3) is 0.318. The van der Waals surface area contributed by atoms with Gasteiger partial charge in [0.05, 0.1) is 6.04 Å². The Balaban J connectivity index is 1.67. The second-order valence-corrected chi connectivity index (χ2v) is 8.45. The Kier molecular flexibility index (Phi) is 5.58. The van der Waals surface area contributed by atoms with Crippen LogP contribution in [0.5, 0.6) is 0 Å². The number of nitrogens with one attached hydrogen (secondary N) is 2. The van der Waals surface area contributed by atoms with Crippen molar-refractivity contribution in [1.82, 2.24) is 14.9 Å². The van der Waals surface area contributed by atoms with E-state index < -0.39 is 0 Å².